The van der Waals surface area contributed by atoms with Gasteiger partial charge < -0.3 is 15.2 Å². The number of benzene rings is 2. The molecule has 0 saturated heterocycles. The highest BCUT2D eigenvalue weighted by Gasteiger charge is 2.15. The van der Waals surface area contributed by atoms with E-state index in [4.69, 9.17) is 26.8 Å². The average molecular weight is 352 g/mol. The molecule has 2 aromatic carbocycles. The molecular weight excluding hydrogens is 333 g/mol. The van der Waals surface area contributed by atoms with Gasteiger partial charge in [0.05, 0.1) is 11.6 Å². The second kappa shape index (κ2) is 8.66. The second-order valence-corrected chi connectivity index (χ2v) is 5.61. The number of halogens is 2. The van der Waals surface area contributed by atoms with Crippen molar-refractivity contribution in [3.8, 4) is 5.75 Å². The molecule has 0 bridgehead atoms. The van der Waals surface area contributed by atoms with Gasteiger partial charge in [-0.25, -0.2) is 4.39 Å². The van der Waals surface area contributed by atoms with E-state index >= 15 is 0 Å². The summed E-state index contributed by atoms with van der Waals surface area (Å²) in [5.74, 6) is -0.312. The van der Waals surface area contributed by atoms with E-state index in [0.717, 1.165) is 5.56 Å². The van der Waals surface area contributed by atoms with Crippen LogP contribution in [-0.2, 0) is 22.6 Å². The smallest absolute Gasteiger partial charge is 0.323 e. The highest BCUT2D eigenvalue weighted by molar-refractivity contribution is 6.31. The minimum Gasteiger partial charge on any atom is -0.489 e. The standard InChI is InChI=1S/C18H19ClFNO3/c1-2-23-18(22)17(21)10-12-5-3-6-13(9-12)24-11-14-15(19)7-4-8-16(14)20/h3-9,17H,2,10-11,21H2,1H3. The van der Waals surface area contributed by atoms with Gasteiger partial charge in [-0.05, 0) is 43.2 Å². The van der Waals surface area contributed by atoms with Crippen LogP contribution in [0.25, 0.3) is 0 Å². The molecule has 0 aliphatic heterocycles. The zero-order chi connectivity index (χ0) is 17.5. The highest BCUT2D eigenvalue weighted by atomic mass is 35.5. The topological polar surface area (TPSA) is 61.5 Å². The van der Waals surface area contributed by atoms with E-state index in [1.807, 2.05) is 6.07 Å². The van der Waals surface area contributed by atoms with Crippen LogP contribution in [0.15, 0.2) is 42.5 Å². The van der Waals surface area contributed by atoms with Gasteiger partial charge in [0.25, 0.3) is 0 Å². The van der Waals surface area contributed by atoms with E-state index in [1.165, 1.54) is 6.07 Å². The molecule has 0 heterocycles. The monoisotopic (exact) mass is 351 g/mol. The van der Waals surface area contributed by atoms with Crippen LogP contribution in [0, 0.1) is 5.82 Å². The maximum Gasteiger partial charge on any atom is 0.323 e. The van der Waals surface area contributed by atoms with Crippen molar-refractivity contribution < 1.29 is 18.7 Å². The Labute approximate surface area is 145 Å². The van der Waals surface area contributed by atoms with Gasteiger partial charge in [0.1, 0.15) is 24.2 Å². The summed E-state index contributed by atoms with van der Waals surface area (Å²) in [5, 5.41) is 0.315. The SMILES string of the molecule is CCOC(=O)C(N)Cc1cccc(OCc2c(F)cccc2Cl)c1. The highest BCUT2D eigenvalue weighted by Crippen LogP contribution is 2.22. The molecule has 0 aliphatic carbocycles. The third-order valence-corrected chi connectivity index (χ3v) is 3.74. The molecule has 6 heteroatoms. The summed E-state index contributed by atoms with van der Waals surface area (Å²) in [6.07, 6.45) is 0.330. The first-order chi connectivity index (χ1) is 11.5. The van der Waals surface area contributed by atoms with Crippen LogP contribution >= 0.6 is 11.6 Å². The summed E-state index contributed by atoms with van der Waals surface area (Å²) in [7, 11) is 0. The Hall–Kier alpha value is -2.11. The summed E-state index contributed by atoms with van der Waals surface area (Å²) in [6, 6.07) is 10.9. The summed E-state index contributed by atoms with van der Waals surface area (Å²) in [6.45, 7) is 2.03. The summed E-state index contributed by atoms with van der Waals surface area (Å²) < 4.78 is 24.2. The van der Waals surface area contributed by atoms with Crippen LogP contribution in [0.2, 0.25) is 5.02 Å². The summed E-state index contributed by atoms with van der Waals surface area (Å²) >= 11 is 5.97. The number of carbonyl (C=O) groups excluding carboxylic acids is 1. The Morgan fingerprint density at radius 1 is 1.29 bits per heavy atom. The third-order valence-electron chi connectivity index (χ3n) is 3.39. The molecular formula is C18H19ClFNO3. The second-order valence-electron chi connectivity index (χ2n) is 5.20. The molecule has 0 amide bonds. The van der Waals surface area contributed by atoms with Crippen molar-refractivity contribution in [2.24, 2.45) is 5.73 Å². The van der Waals surface area contributed by atoms with Gasteiger partial charge >= 0.3 is 5.97 Å². The number of nitrogens with two attached hydrogens (primary N) is 1. The molecule has 1 unspecified atom stereocenters. The van der Waals surface area contributed by atoms with Gasteiger partial charge in [0.2, 0.25) is 0 Å². The first-order valence-electron chi connectivity index (χ1n) is 7.58. The number of hydrogen-bond acceptors (Lipinski definition) is 4. The molecule has 1 atom stereocenters. The van der Waals surface area contributed by atoms with Crippen LogP contribution < -0.4 is 10.5 Å². The predicted molar refractivity (Wildman–Crippen MR) is 90.5 cm³/mol. The van der Waals surface area contributed by atoms with E-state index in [2.05, 4.69) is 0 Å². The normalized spacial score (nSPS) is 11.8. The van der Waals surface area contributed by atoms with E-state index in [0.29, 0.717) is 29.4 Å². The lowest BCUT2D eigenvalue weighted by atomic mass is 10.1. The minimum atomic E-state index is -0.735. The molecule has 128 valence electrons. The predicted octanol–water partition coefficient (Wildman–Crippen LogP) is 3.49. The fourth-order valence-corrected chi connectivity index (χ4v) is 2.39. The van der Waals surface area contributed by atoms with Crippen LogP contribution in [0.4, 0.5) is 4.39 Å². The molecule has 24 heavy (non-hydrogen) atoms. The molecule has 2 aromatic rings. The van der Waals surface area contributed by atoms with Crippen molar-refractivity contribution in [2.45, 2.75) is 26.0 Å². The van der Waals surface area contributed by atoms with Gasteiger partial charge in [-0.2, -0.15) is 0 Å². The van der Waals surface area contributed by atoms with Crippen LogP contribution in [0.1, 0.15) is 18.1 Å². The Bertz CT molecular complexity index is 688. The molecule has 0 aliphatic rings. The molecule has 0 fully saturated rings. The van der Waals surface area contributed by atoms with E-state index in [9.17, 15) is 9.18 Å². The third kappa shape index (κ3) is 4.94. The van der Waals surface area contributed by atoms with Crippen LogP contribution in [0.5, 0.6) is 5.75 Å². The van der Waals surface area contributed by atoms with E-state index in [1.54, 1.807) is 37.3 Å². The van der Waals surface area contributed by atoms with Crippen molar-refractivity contribution in [1.29, 1.82) is 0 Å². The zero-order valence-electron chi connectivity index (χ0n) is 13.3. The lowest BCUT2D eigenvalue weighted by Gasteiger charge is -2.12. The first-order valence-corrected chi connectivity index (χ1v) is 7.96. The number of carbonyl (C=O) groups is 1. The largest absolute Gasteiger partial charge is 0.489 e. The lowest BCUT2D eigenvalue weighted by Crippen LogP contribution is -2.34. The maximum atomic E-state index is 13.7. The Balaban J connectivity index is 2.01. The average Bonchev–Trinajstić information content (AvgIpc) is 2.55. The minimum absolute atomic E-state index is 0.0128. The number of hydrogen-bond donors (Lipinski definition) is 1. The van der Waals surface area contributed by atoms with Crippen molar-refractivity contribution in [3.63, 3.8) is 0 Å². The molecule has 0 aromatic heterocycles. The number of rotatable bonds is 7. The Morgan fingerprint density at radius 3 is 2.75 bits per heavy atom. The number of ether oxygens (including phenoxy) is 2. The van der Waals surface area contributed by atoms with Crippen molar-refractivity contribution >= 4 is 17.6 Å². The van der Waals surface area contributed by atoms with Crippen LogP contribution in [-0.4, -0.2) is 18.6 Å². The van der Waals surface area contributed by atoms with E-state index in [-0.39, 0.29) is 6.61 Å². The van der Waals surface area contributed by atoms with Crippen LogP contribution in [0.3, 0.4) is 0 Å². The summed E-state index contributed by atoms with van der Waals surface area (Å²) in [4.78, 5) is 11.6. The van der Waals surface area contributed by atoms with Crippen molar-refractivity contribution in [3.05, 3.63) is 64.4 Å². The molecule has 0 radical (unpaired) electrons. The zero-order valence-corrected chi connectivity index (χ0v) is 14.1. The van der Waals surface area contributed by atoms with E-state index < -0.39 is 17.8 Å². The van der Waals surface area contributed by atoms with Gasteiger partial charge in [0, 0.05) is 5.56 Å². The molecule has 0 spiro atoms. The summed E-state index contributed by atoms with van der Waals surface area (Å²) in [5.41, 5.74) is 6.93. The van der Waals surface area contributed by atoms with Gasteiger partial charge in [-0.1, -0.05) is 29.8 Å². The molecule has 2 rings (SSSR count). The lowest BCUT2D eigenvalue weighted by molar-refractivity contribution is -0.144. The Kier molecular flexibility index (Phi) is 6.58. The van der Waals surface area contributed by atoms with Gasteiger partial charge in [-0.3, -0.25) is 4.79 Å². The number of esters is 1. The quantitative estimate of drug-likeness (QED) is 0.776. The van der Waals surface area contributed by atoms with Crippen molar-refractivity contribution in [2.75, 3.05) is 6.61 Å². The van der Waals surface area contributed by atoms with Crippen molar-refractivity contribution in [1.82, 2.24) is 0 Å². The molecule has 4 nitrogen and oxygen atoms in total. The molecule has 2 N–H and O–H groups in total. The maximum absolute atomic E-state index is 13.7. The first kappa shape index (κ1) is 18.2. The van der Waals surface area contributed by atoms with Gasteiger partial charge in [-0.15, -0.1) is 0 Å². The van der Waals surface area contributed by atoms with Gasteiger partial charge in [0.15, 0.2) is 0 Å². The Morgan fingerprint density at radius 2 is 2.04 bits per heavy atom. The fraction of sp³-hybridized carbons (Fsp3) is 0.278. The molecule has 0 saturated carbocycles. The fourth-order valence-electron chi connectivity index (χ4n) is 2.17.